The normalized spacial score (nSPS) is 12.3. The summed E-state index contributed by atoms with van der Waals surface area (Å²) in [6.45, 7) is 2.09. The molecule has 0 aliphatic rings. The van der Waals surface area contributed by atoms with Crippen LogP contribution in [0.3, 0.4) is 0 Å². The molecule has 0 bridgehead atoms. The number of methoxy groups -OCH3 is 2. The summed E-state index contributed by atoms with van der Waals surface area (Å²) in [5.41, 5.74) is 7.08. The Bertz CT molecular complexity index is 312. The van der Waals surface area contributed by atoms with Crippen LogP contribution in [0.4, 0.5) is 0 Å². The molecule has 2 N–H and O–H groups in total. The zero-order valence-corrected chi connectivity index (χ0v) is 9.62. The van der Waals surface area contributed by atoms with Gasteiger partial charge in [-0.25, -0.2) is 0 Å². The van der Waals surface area contributed by atoms with Crippen molar-refractivity contribution in [2.75, 3.05) is 14.2 Å². The molecule has 0 radical (unpaired) electrons. The molecule has 3 heteroatoms. The van der Waals surface area contributed by atoms with Crippen LogP contribution in [-0.4, -0.2) is 20.3 Å². The molecular formula is C12H19NO2. The van der Waals surface area contributed by atoms with Gasteiger partial charge in [-0.2, -0.15) is 0 Å². The van der Waals surface area contributed by atoms with Gasteiger partial charge in [0.05, 0.1) is 14.2 Å². The quantitative estimate of drug-likeness (QED) is 0.806. The van der Waals surface area contributed by atoms with Gasteiger partial charge in [-0.1, -0.05) is 13.0 Å². The number of benzene rings is 1. The molecule has 15 heavy (non-hydrogen) atoms. The lowest BCUT2D eigenvalue weighted by molar-refractivity contribution is 0.354. The average molecular weight is 209 g/mol. The average Bonchev–Trinajstić information content (AvgIpc) is 2.28. The van der Waals surface area contributed by atoms with Gasteiger partial charge in [0.15, 0.2) is 11.5 Å². The van der Waals surface area contributed by atoms with E-state index in [1.165, 1.54) is 5.56 Å². The van der Waals surface area contributed by atoms with Crippen molar-refractivity contribution in [3.8, 4) is 11.5 Å². The van der Waals surface area contributed by atoms with Gasteiger partial charge in [-0.15, -0.1) is 0 Å². The highest BCUT2D eigenvalue weighted by Crippen LogP contribution is 2.27. The molecule has 0 fully saturated rings. The zero-order chi connectivity index (χ0) is 11.3. The van der Waals surface area contributed by atoms with Crippen molar-refractivity contribution in [2.24, 2.45) is 5.73 Å². The molecule has 0 saturated carbocycles. The third-order valence-corrected chi connectivity index (χ3v) is 2.47. The highest BCUT2D eigenvalue weighted by Gasteiger charge is 2.06. The Labute approximate surface area is 91.2 Å². The van der Waals surface area contributed by atoms with E-state index in [4.69, 9.17) is 15.2 Å². The minimum atomic E-state index is 0.211. The SMILES string of the molecule is CC[C@@H](N)Cc1ccc(OC)c(OC)c1. The summed E-state index contributed by atoms with van der Waals surface area (Å²) in [7, 11) is 3.27. The maximum Gasteiger partial charge on any atom is 0.160 e. The van der Waals surface area contributed by atoms with E-state index < -0.39 is 0 Å². The maximum atomic E-state index is 5.90. The maximum absolute atomic E-state index is 5.90. The van der Waals surface area contributed by atoms with Crippen LogP contribution in [0.25, 0.3) is 0 Å². The van der Waals surface area contributed by atoms with Crippen LogP contribution in [0, 0.1) is 0 Å². The Hall–Kier alpha value is -1.22. The fraction of sp³-hybridized carbons (Fsp3) is 0.500. The van der Waals surface area contributed by atoms with Crippen LogP contribution < -0.4 is 15.2 Å². The van der Waals surface area contributed by atoms with E-state index >= 15 is 0 Å². The first-order valence-corrected chi connectivity index (χ1v) is 5.17. The molecule has 1 atom stereocenters. The Morgan fingerprint density at radius 1 is 1.20 bits per heavy atom. The van der Waals surface area contributed by atoms with Gasteiger partial charge in [-0.3, -0.25) is 0 Å². The molecule has 0 unspecified atom stereocenters. The van der Waals surface area contributed by atoms with Crippen LogP contribution in [0.5, 0.6) is 11.5 Å². The van der Waals surface area contributed by atoms with Gasteiger partial charge in [0.1, 0.15) is 0 Å². The van der Waals surface area contributed by atoms with Gasteiger partial charge in [0.2, 0.25) is 0 Å². The van der Waals surface area contributed by atoms with Gasteiger partial charge in [0.25, 0.3) is 0 Å². The van der Waals surface area contributed by atoms with E-state index in [1.807, 2.05) is 18.2 Å². The molecule has 3 nitrogen and oxygen atoms in total. The van der Waals surface area contributed by atoms with Crippen molar-refractivity contribution in [3.63, 3.8) is 0 Å². The van der Waals surface area contributed by atoms with Crippen LogP contribution in [-0.2, 0) is 6.42 Å². The predicted octanol–water partition coefficient (Wildman–Crippen LogP) is 1.98. The van der Waals surface area contributed by atoms with E-state index in [-0.39, 0.29) is 6.04 Å². The second-order valence-corrected chi connectivity index (χ2v) is 3.56. The van der Waals surface area contributed by atoms with Crippen molar-refractivity contribution >= 4 is 0 Å². The fourth-order valence-corrected chi connectivity index (χ4v) is 1.45. The summed E-state index contributed by atoms with van der Waals surface area (Å²) in [6.07, 6.45) is 1.85. The molecule has 0 spiro atoms. The van der Waals surface area contributed by atoms with Gasteiger partial charge < -0.3 is 15.2 Å². The Morgan fingerprint density at radius 2 is 1.87 bits per heavy atom. The molecule has 0 aliphatic carbocycles. The topological polar surface area (TPSA) is 44.5 Å². The number of ether oxygens (including phenoxy) is 2. The van der Waals surface area contributed by atoms with Crippen molar-refractivity contribution in [1.29, 1.82) is 0 Å². The molecule has 1 rings (SSSR count). The van der Waals surface area contributed by atoms with E-state index in [1.54, 1.807) is 14.2 Å². The Balaban J connectivity index is 2.83. The number of hydrogen-bond acceptors (Lipinski definition) is 3. The number of nitrogens with two attached hydrogens (primary N) is 1. The van der Waals surface area contributed by atoms with Crippen molar-refractivity contribution < 1.29 is 9.47 Å². The van der Waals surface area contributed by atoms with E-state index in [2.05, 4.69) is 6.92 Å². The van der Waals surface area contributed by atoms with Gasteiger partial charge >= 0.3 is 0 Å². The third kappa shape index (κ3) is 3.13. The highest BCUT2D eigenvalue weighted by molar-refractivity contribution is 5.43. The first-order chi connectivity index (χ1) is 7.21. The summed E-state index contributed by atoms with van der Waals surface area (Å²) in [5.74, 6) is 1.52. The van der Waals surface area contributed by atoms with Crippen molar-refractivity contribution in [2.45, 2.75) is 25.8 Å². The lowest BCUT2D eigenvalue weighted by Crippen LogP contribution is -2.21. The van der Waals surface area contributed by atoms with E-state index in [0.29, 0.717) is 0 Å². The first kappa shape index (κ1) is 11.9. The summed E-state index contributed by atoms with van der Waals surface area (Å²) < 4.78 is 10.4. The van der Waals surface area contributed by atoms with E-state index in [9.17, 15) is 0 Å². The van der Waals surface area contributed by atoms with E-state index in [0.717, 1.165) is 24.3 Å². The zero-order valence-electron chi connectivity index (χ0n) is 9.62. The van der Waals surface area contributed by atoms with Gasteiger partial charge in [0, 0.05) is 6.04 Å². The summed E-state index contributed by atoms with van der Waals surface area (Å²) >= 11 is 0. The first-order valence-electron chi connectivity index (χ1n) is 5.17. The monoisotopic (exact) mass is 209 g/mol. The third-order valence-electron chi connectivity index (χ3n) is 2.47. The second kappa shape index (κ2) is 5.61. The second-order valence-electron chi connectivity index (χ2n) is 3.56. The molecule has 0 aromatic heterocycles. The fourth-order valence-electron chi connectivity index (χ4n) is 1.45. The lowest BCUT2D eigenvalue weighted by Gasteiger charge is -2.12. The summed E-state index contributed by atoms with van der Waals surface area (Å²) in [5, 5.41) is 0. The Morgan fingerprint density at radius 3 is 2.40 bits per heavy atom. The molecule has 0 saturated heterocycles. The smallest absolute Gasteiger partial charge is 0.160 e. The van der Waals surface area contributed by atoms with Crippen LogP contribution in [0.15, 0.2) is 18.2 Å². The van der Waals surface area contributed by atoms with Crippen LogP contribution in [0.2, 0.25) is 0 Å². The molecule has 1 aromatic rings. The summed E-state index contributed by atoms with van der Waals surface area (Å²) in [4.78, 5) is 0. The molecular weight excluding hydrogens is 190 g/mol. The molecule has 1 aromatic carbocycles. The number of hydrogen-bond donors (Lipinski definition) is 1. The van der Waals surface area contributed by atoms with Gasteiger partial charge in [-0.05, 0) is 30.5 Å². The predicted molar refractivity (Wildman–Crippen MR) is 61.5 cm³/mol. The Kier molecular flexibility index (Phi) is 4.43. The molecule has 0 amide bonds. The van der Waals surface area contributed by atoms with Crippen LogP contribution in [0.1, 0.15) is 18.9 Å². The number of rotatable bonds is 5. The minimum Gasteiger partial charge on any atom is -0.493 e. The molecule has 0 aliphatic heterocycles. The minimum absolute atomic E-state index is 0.211. The largest absolute Gasteiger partial charge is 0.493 e. The summed E-state index contributed by atoms with van der Waals surface area (Å²) in [6, 6.07) is 6.13. The lowest BCUT2D eigenvalue weighted by atomic mass is 10.0. The van der Waals surface area contributed by atoms with Crippen LogP contribution >= 0.6 is 0 Å². The molecule has 84 valence electrons. The molecule has 0 heterocycles. The van der Waals surface area contributed by atoms with Crippen molar-refractivity contribution in [1.82, 2.24) is 0 Å². The highest BCUT2D eigenvalue weighted by atomic mass is 16.5. The van der Waals surface area contributed by atoms with Crippen molar-refractivity contribution in [3.05, 3.63) is 23.8 Å². The standard InChI is InChI=1S/C12H19NO2/c1-4-10(13)7-9-5-6-11(14-2)12(8-9)15-3/h5-6,8,10H,4,7,13H2,1-3H3/t10-/m1/s1.